The average molecular weight is 424 g/mol. The molecule has 0 bridgehead atoms. The largest absolute Gasteiger partial charge is 0.321 e. The van der Waals surface area contributed by atoms with Crippen LogP contribution in [0.5, 0.6) is 0 Å². The quantitative estimate of drug-likeness (QED) is 0.433. The lowest BCUT2D eigenvalue weighted by Gasteiger charge is -2.18. The first-order chi connectivity index (χ1) is 14.2. The summed E-state index contributed by atoms with van der Waals surface area (Å²) in [4.78, 5) is 16.6. The fraction of sp³-hybridized carbons (Fsp3) is 0.136. The second kappa shape index (κ2) is 8.22. The Kier molecular flexibility index (Phi) is 5.48. The Morgan fingerprint density at radius 3 is 2.87 bits per heavy atom. The van der Waals surface area contributed by atoms with Crippen LogP contribution in [-0.4, -0.2) is 27.6 Å². The molecule has 0 aliphatic carbocycles. The molecule has 1 aliphatic heterocycles. The van der Waals surface area contributed by atoms with Crippen molar-refractivity contribution in [1.29, 1.82) is 0 Å². The van der Waals surface area contributed by atoms with Gasteiger partial charge in [-0.1, -0.05) is 12.1 Å². The molecule has 2 aromatic carbocycles. The van der Waals surface area contributed by atoms with Crippen LogP contribution in [-0.2, 0) is 13.0 Å². The third kappa shape index (κ3) is 3.65. The lowest BCUT2D eigenvalue weighted by molar-refractivity contribution is 0.102. The van der Waals surface area contributed by atoms with Gasteiger partial charge in [-0.15, -0.1) is 12.4 Å². The number of benzene rings is 2. The minimum atomic E-state index is -0.552. The van der Waals surface area contributed by atoms with Gasteiger partial charge in [-0.3, -0.25) is 9.89 Å². The monoisotopic (exact) mass is 423 g/mol. The number of pyridine rings is 1. The highest BCUT2D eigenvalue weighted by Gasteiger charge is 2.17. The smallest absolute Gasteiger partial charge is 0.276 e. The predicted molar refractivity (Wildman–Crippen MR) is 116 cm³/mol. The third-order valence-electron chi connectivity index (χ3n) is 5.20. The van der Waals surface area contributed by atoms with E-state index in [1.807, 2.05) is 12.1 Å². The zero-order valence-corrected chi connectivity index (χ0v) is 16.7. The van der Waals surface area contributed by atoms with Gasteiger partial charge >= 0.3 is 0 Å². The summed E-state index contributed by atoms with van der Waals surface area (Å²) >= 11 is 0. The number of anilines is 1. The topological polar surface area (TPSA) is 82.7 Å². The number of H-pyrrole nitrogens is 1. The van der Waals surface area contributed by atoms with Gasteiger partial charge in [0.2, 0.25) is 5.95 Å². The van der Waals surface area contributed by atoms with Gasteiger partial charge in [0, 0.05) is 29.4 Å². The molecule has 3 N–H and O–H groups in total. The number of nitrogens with zero attached hydrogens (tertiary/aromatic N) is 2. The molecule has 6 nitrogen and oxygen atoms in total. The molecule has 152 valence electrons. The Morgan fingerprint density at radius 1 is 1.10 bits per heavy atom. The van der Waals surface area contributed by atoms with E-state index in [0.29, 0.717) is 22.0 Å². The lowest BCUT2D eigenvalue weighted by Crippen LogP contribution is -2.23. The summed E-state index contributed by atoms with van der Waals surface area (Å²) in [5.41, 5.74) is 5.20. The van der Waals surface area contributed by atoms with Crippen LogP contribution in [0.3, 0.4) is 0 Å². The number of rotatable bonds is 3. The number of nitrogens with one attached hydrogen (secondary N) is 3. The number of carbonyl (C=O) groups is 1. The van der Waals surface area contributed by atoms with Crippen molar-refractivity contribution < 1.29 is 9.18 Å². The highest BCUT2D eigenvalue weighted by atomic mass is 35.5. The summed E-state index contributed by atoms with van der Waals surface area (Å²) in [5.74, 6) is -0.868. The van der Waals surface area contributed by atoms with E-state index in [0.717, 1.165) is 25.2 Å². The van der Waals surface area contributed by atoms with Crippen LogP contribution in [0.1, 0.15) is 21.6 Å². The normalized spacial score (nSPS) is 12.8. The fourth-order valence-corrected chi connectivity index (χ4v) is 3.70. The molecule has 0 unspecified atom stereocenters. The standard InChI is InChI=1S/C22H18FN5O.ClH/c23-21-17(2-1-8-25-21)14-4-6-19-18(11-14)20(28-27-19)22(29)26-16-5-3-13-7-9-24-12-15(13)10-16;/h1-6,8,10-11,24H,7,9,12H2,(H,26,29)(H,27,28);1H. The van der Waals surface area contributed by atoms with Crippen LogP contribution >= 0.6 is 12.4 Å². The van der Waals surface area contributed by atoms with Crippen LogP contribution in [0.25, 0.3) is 22.0 Å². The maximum atomic E-state index is 14.1. The molecule has 5 rings (SSSR count). The molecule has 1 amide bonds. The van der Waals surface area contributed by atoms with Gasteiger partial charge in [-0.2, -0.15) is 9.49 Å². The second-order valence-corrected chi connectivity index (χ2v) is 7.04. The number of amides is 1. The van der Waals surface area contributed by atoms with Crippen molar-refractivity contribution in [3.05, 3.63) is 77.5 Å². The number of aromatic amines is 1. The summed E-state index contributed by atoms with van der Waals surface area (Å²) in [6, 6.07) is 14.6. The Labute approximate surface area is 178 Å². The highest BCUT2D eigenvalue weighted by Crippen LogP contribution is 2.27. The number of carbonyl (C=O) groups excluding carboxylic acids is 1. The van der Waals surface area contributed by atoms with Crippen molar-refractivity contribution in [3.63, 3.8) is 0 Å². The van der Waals surface area contributed by atoms with Crippen molar-refractivity contribution in [2.75, 3.05) is 11.9 Å². The SMILES string of the molecule is Cl.O=C(Nc1ccc2c(c1)CNCC2)c1n[nH]c2ccc(-c3cccnc3F)cc12. The molecule has 8 heteroatoms. The molecule has 0 saturated heterocycles. The minimum Gasteiger partial charge on any atom is -0.321 e. The third-order valence-corrected chi connectivity index (χ3v) is 5.20. The van der Waals surface area contributed by atoms with Crippen LogP contribution in [0.4, 0.5) is 10.1 Å². The van der Waals surface area contributed by atoms with Gasteiger partial charge < -0.3 is 10.6 Å². The molecule has 0 saturated carbocycles. The Balaban J connectivity index is 0.00000218. The van der Waals surface area contributed by atoms with Gasteiger partial charge in [0.15, 0.2) is 5.69 Å². The van der Waals surface area contributed by atoms with Crippen LogP contribution in [0.15, 0.2) is 54.7 Å². The average Bonchev–Trinajstić information content (AvgIpc) is 3.17. The first kappa shape index (κ1) is 20.0. The molecule has 0 atom stereocenters. The summed E-state index contributed by atoms with van der Waals surface area (Å²) in [6.45, 7) is 1.77. The molecular formula is C22H19ClFN5O. The molecule has 2 aromatic heterocycles. The van der Waals surface area contributed by atoms with Gasteiger partial charge in [0.05, 0.1) is 5.52 Å². The van der Waals surface area contributed by atoms with E-state index in [4.69, 9.17) is 0 Å². The van der Waals surface area contributed by atoms with E-state index in [-0.39, 0.29) is 24.0 Å². The van der Waals surface area contributed by atoms with Gasteiger partial charge in [0.25, 0.3) is 5.91 Å². The predicted octanol–water partition coefficient (Wildman–Crippen LogP) is 4.08. The number of hydrogen-bond donors (Lipinski definition) is 3. The van der Waals surface area contributed by atoms with Crippen molar-refractivity contribution in [3.8, 4) is 11.1 Å². The molecular weight excluding hydrogens is 405 g/mol. The number of halogens is 2. The first-order valence-electron chi connectivity index (χ1n) is 9.42. The summed E-state index contributed by atoms with van der Waals surface area (Å²) < 4.78 is 14.1. The van der Waals surface area contributed by atoms with Gasteiger partial charge in [0.1, 0.15) is 0 Å². The zero-order chi connectivity index (χ0) is 19.8. The van der Waals surface area contributed by atoms with Crippen LogP contribution in [0, 0.1) is 5.95 Å². The van der Waals surface area contributed by atoms with E-state index in [9.17, 15) is 9.18 Å². The molecule has 1 aliphatic rings. The lowest BCUT2D eigenvalue weighted by atomic mass is 10.0. The highest BCUT2D eigenvalue weighted by molar-refractivity contribution is 6.11. The van der Waals surface area contributed by atoms with E-state index in [2.05, 4.69) is 31.9 Å². The van der Waals surface area contributed by atoms with Crippen molar-refractivity contribution in [2.45, 2.75) is 13.0 Å². The van der Waals surface area contributed by atoms with Crippen LogP contribution in [0.2, 0.25) is 0 Å². The molecule has 0 spiro atoms. The fourth-order valence-electron chi connectivity index (χ4n) is 3.70. The molecule has 30 heavy (non-hydrogen) atoms. The van der Waals surface area contributed by atoms with Crippen molar-refractivity contribution in [1.82, 2.24) is 20.5 Å². The van der Waals surface area contributed by atoms with Crippen molar-refractivity contribution in [2.24, 2.45) is 0 Å². The number of hydrogen-bond acceptors (Lipinski definition) is 4. The van der Waals surface area contributed by atoms with Crippen molar-refractivity contribution >= 4 is 34.9 Å². The molecule has 0 fully saturated rings. The summed E-state index contributed by atoms with van der Waals surface area (Å²) in [5, 5.41) is 13.9. The Hall–Kier alpha value is -3.29. The van der Waals surface area contributed by atoms with E-state index < -0.39 is 5.95 Å². The maximum absolute atomic E-state index is 14.1. The molecule has 4 aromatic rings. The Morgan fingerprint density at radius 2 is 2.00 bits per heavy atom. The minimum absolute atomic E-state index is 0. The van der Waals surface area contributed by atoms with E-state index in [1.165, 1.54) is 17.3 Å². The summed E-state index contributed by atoms with van der Waals surface area (Å²) in [6.07, 6.45) is 2.39. The van der Waals surface area contributed by atoms with E-state index in [1.54, 1.807) is 30.3 Å². The van der Waals surface area contributed by atoms with Crippen LogP contribution < -0.4 is 10.6 Å². The summed E-state index contributed by atoms with van der Waals surface area (Å²) in [7, 11) is 0. The number of aromatic nitrogens is 3. The molecule has 0 radical (unpaired) electrons. The zero-order valence-electron chi connectivity index (χ0n) is 15.9. The second-order valence-electron chi connectivity index (χ2n) is 7.04. The number of fused-ring (bicyclic) bond motifs is 2. The maximum Gasteiger partial charge on any atom is 0.276 e. The molecule has 3 heterocycles. The van der Waals surface area contributed by atoms with Gasteiger partial charge in [-0.25, -0.2) is 4.98 Å². The van der Waals surface area contributed by atoms with Gasteiger partial charge in [-0.05, 0) is 66.1 Å². The first-order valence-corrected chi connectivity index (χ1v) is 9.42. The van der Waals surface area contributed by atoms with E-state index >= 15 is 0 Å². The Bertz CT molecular complexity index is 1240.